The summed E-state index contributed by atoms with van der Waals surface area (Å²) in [5, 5.41) is 0. The molecule has 1 unspecified atom stereocenters. The number of carbonyl (C=O) groups is 1. The fraction of sp³-hybridized carbons (Fsp3) is 0.600. The Kier molecular flexibility index (Phi) is 1.48. The van der Waals surface area contributed by atoms with Gasteiger partial charge in [0.2, 0.25) is 0 Å². The maximum absolute atomic E-state index is 10.6. The summed E-state index contributed by atoms with van der Waals surface area (Å²) in [6.07, 6.45) is 2.09. The van der Waals surface area contributed by atoms with Crippen molar-refractivity contribution in [2.75, 3.05) is 14.2 Å². The highest BCUT2D eigenvalue weighted by atomic mass is 16.5. The van der Waals surface area contributed by atoms with E-state index in [4.69, 9.17) is 4.74 Å². The van der Waals surface area contributed by atoms with Gasteiger partial charge in [-0.1, -0.05) is 0 Å². The second kappa shape index (κ2) is 2.14. The Morgan fingerprint density at radius 3 is 2.78 bits per heavy atom. The van der Waals surface area contributed by atoms with E-state index in [-0.39, 0.29) is 6.03 Å². The van der Waals surface area contributed by atoms with Crippen LogP contribution >= 0.6 is 0 Å². The van der Waals surface area contributed by atoms with Crippen LogP contribution in [0.15, 0.2) is 4.99 Å². The minimum atomic E-state index is -0.391. The summed E-state index contributed by atoms with van der Waals surface area (Å²) in [4.78, 5) is 15.3. The van der Waals surface area contributed by atoms with Crippen molar-refractivity contribution in [1.29, 1.82) is 0 Å². The number of ether oxygens (including phenoxy) is 1. The number of urea groups is 1. The van der Waals surface area contributed by atoms with Crippen molar-refractivity contribution in [2.24, 2.45) is 4.99 Å². The summed E-state index contributed by atoms with van der Waals surface area (Å²) in [5.74, 6) is 0. The number of hydrogen-bond acceptors (Lipinski definition) is 2. The number of rotatable bonds is 1. The largest absolute Gasteiger partial charge is 0.355 e. The van der Waals surface area contributed by atoms with Gasteiger partial charge in [-0.05, 0) is 0 Å². The van der Waals surface area contributed by atoms with Gasteiger partial charge in [-0.25, -0.2) is 4.79 Å². The van der Waals surface area contributed by atoms with E-state index in [1.807, 2.05) is 0 Å². The van der Waals surface area contributed by atoms with Gasteiger partial charge in [0.15, 0.2) is 6.23 Å². The Morgan fingerprint density at radius 1 is 1.89 bits per heavy atom. The van der Waals surface area contributed by atoms with Crippen molar-refractivity contribution in [1.82, 2.24) is 4.90 Å². The molecule has 0 fully saturated rings. The maximum Gasteiger partial charge on any atom is 0.346 e. The Morgan fingerprint density at radius 2 is 2.56 bits per heavy atom. The Bertz CT molecular complexity index is 155. The van der Waals surface area contributed by atoms with Crippen molar-refractivity contribution in [3.05, 3.63) is 0 Å². The standard InChI is InChI=1S/C5H7N2O2/c1-7-4(9-2)3-6-5(7)8/h4H,1-2H3. The van der Waals surface area contributed by atoms with Crippen LogP contribution in [0.3, 0.4) is 0 Å². The zero-order chi connectivity index (χ0) is 6.85. The summed E-state index contributed by atoms with van der Waals surface area (Å²) in [5.41, 5.74) is 0. The zero-order valence-electron chi connectivity index (χ0n) is 5.29. The number of hydrogen-bond donors (Lipinski definition) is 0. The summed E-state index contributed by atoms with van der Waals surface area (Å²) in [6.45, 7) is 0. The van der Waals surface area contributed by atoms with E-state index in [1.165, 1.54) is 12.0 Å². The lowest BCUT2D eigenvalue weighted by molar-refractivity contribution is 0.0678. The van der Waals surface area contributed by atoms with E-state index in [1.54, 1.807) is 7.05 Å². The van der Waals surface area contributed by atoms with Gasteiger partial charge in [0.05, 0.1) is 0 Å². The fourth-order valence-corrected chi connectivity index (χ4v) is 0.587. The summed E-state index contributed by atoms with van der Waals surface area (Å²) in [6, 6.07) is -0.304. The lowest BCUT2D eigenvalue weighted by Gasteiger charge is -2.13. The minimum absolute atomic E-state index is 0.304. The van der Waals surface area contributed by atoms with Gasteiger partial charge in [0.25, 0.3) is 0 Å². The van der Waals surface area contributed by atoms with Gasteiger partial charge in [0, 0.05) is 14.2 Å². The van der Waals surface area contributed by atoms with Crippen molar-refractivity contribution in [3.63, 3.8) is 0 Å². The van der Waals surface area contributed by atoms with Crippen molar-refractivity contribution in [3.8, 4) is 0 Å². The van der Waals surface area contributed by atoms with Crippen LogP contribution in [0.4, 0.5) is 4.79 Å². The van der Waals surface area contributed by atoms with Crippen molar-refractivity contribution in [2.45, 2.75) is 6.23 Å². The normalized spacial score (nSPS) is 25.8. The van der Waals surface area contributed by atoms with E-state index in [0.717, 1.165) is 0 Å². The average Bonchev–Trinajstić information content (AvgIpc) is 2.15. The first-order valence-electron chi connectivity index (χ1n) is 2.51. The molecule has 1 atom stereocenters. The molecule has 0 aromatic rings. The van der Waals surface area contributed by atoms with E-state index in [9.17, 15) is 4.79 Å². The molecule has 1 heterocycles. The molecule has 0 bridgehead atoms. The van der Waals surface area contributed by atoms with E-state index in [0.29, 0.717) is 0 Å². The molecule has 0 spiro atoms. The second-order valence-corrected chi connectivity index (χ2v) is 1.72. The number of amides is 2. The predicted molar refractivity (Wildman–Crippen MR) is 31.4 cm³/mol. The molecule has 1 aliphatic rings. The average molecular weight is 127 g/mol. The topological polar surface area (TPSA) is 41.9 Å². The second-order valence-electron chi connectivity index (χ2n) is 1.72. The molecule has 0 aromatic carbocycles. The van der Waals surface area contributed by atoms with Gasteiger partial charge in [-0.2, -0.15) is 4.99 Å². The van der Waals surface area contributed by atoms with Gasteiger partial charge in [-0.3, -0.25) is 4.90 Å². The van der Waals surface area contributed by atoms with Crippen molar-refractivity contribution >= 4 is 12.2 Å². The quantitative estimate of drug-likeness (QED) is 0.496. The molecule has 9 heavy (non-hydrogen) atoms. The summed E-state index contributed by atoms with van der Waals surface area (Å²) >= 11 is 0. The molecule has 1 radical (unpaired) electrons. The smallest absolute Gasteiger partial charge is 0.346 e. The lowest BCUT2D eigenvalue weighted by Crippen LogP contribution is -2.31. The van der Waals surface area contributed by atoms with E-state index in [2.05, 4.69) is 11.2 Å². The third-order valence-electron chi connectivity index (χ3n) is 1.15. The molecule has 0 saturated heterocycles. The van der Waals surface area contributed by atoms with Gasteiger partial charge in [-0.15, -0.1) is 0 Å². The number of methoxy groups -OCH3 is 1. The van der Waals surface area contributed by atoms with Crippen LogP contribution in [0.1, 0.15) is 0 Å². The van der Waals surface area contributed by atoms with Crippen molar-refractivity contribution < 1.29 is 9.53 Å². The van der Waals surface area contributed by atoms with Crippen LogP contribution in [0, 0.1) is 0 Å². The minimum Gasteiger partial charge on any atom is -0.355 e. The van der Waals surface area contributed by atoms with E-state index >= 15 is 0 Å². The maximum atomic E-state index is 10.6. The van der Waals surface area contributed by atoms with Crippen LogP contribution in [0.25, 0.3) is 0 Å². The van der Waals surface area contributed by atoms with Gasteiger partial charge >= 0.3 is 6.03 Å². The molecule has 1 rings (SSSR count). The highest BCUT2D eigenvalue weighted by Gasteiger charge is 2.23. The molecule has 1 aliphatic heterocycles. The molecular formula is C5H7N2O2. The third kappa shape index (κ3) is 0.929. The Balaban J connectivity index is 2.62. The zero-order valence-corrected chi connectivity index (χ0v) is 5.29. The number of aliphatic imine (C=N–C) groups is 1. The number of carbonyl (C=O) groups excluding carboxylic acids is 1. The SMILES string of the molecule is COC1[C]=NC(=O)N1C. The predicted octanol–water partition coefficient (Wildman–Crippen LogP) is -0.0279. The molecule has 4 heteroatoms. The highest BCUT2D eigenvalue weighted by molar-refractivity contribution is 5.91. The Hall–Kier alpha value is -0.900. The summed E-state index contributed by atoms with van der Waals surface area (Å²) < 4.78 is 4.79. The van der Waals surface area contributed by atoms with Crippen LogP contribution in [0.5, 0.6) is 0 Å². The Labute approximate surface area is 53.1 Å². The molecule has 49 valence electrons. The molecule has 0 saturated carbocycles. The lowest BCUT2D eigenvalue weighted by atomic mass is 10.6. The molecule has 0 aliphatic carbocycles. The van der Waals surface area contributed by atoms with Crippen LogP contribution < -0.4 is 0 Å². The van der Waals surface area contributed by atoms with Gasteiger partial charge in [0.1, 0.15) is 6.21 Å². The monoisotopic (exact) mass is 127 g/mol. The molecule has 2 amide bonds. The van der Waals surface area contributed by atoms with Crippen LogP contribution in [-0.4, -0.2) is 37.5 Å². The molecule has 0 aromatic heterocycles. The fourth-order valence-electron chi connectivity index (χ4n) is 0.587. The molecule has 4 nitrogen and oxygen atoms in total. The third-order valence-corrected chi connectivity index (χ3v) is 1.15. The first kappa shape index (κ1) is 6.22. The first-order chi connectivity index (χ1) is 4.25. The summed E-state index contributed by atoms with van der Waals surface area (Å²) in [7, 11) is 3.11. The van der Waals surface area contributed by atoms with Gasteiger partial charge < -0.3 is 4.74 Å². The number of nitrogens with zero attached hydrogens (tertiary/aromatic N) is 2. The molecule has 0 N–H and O–H groups in total. The molecular weight excluding hydrogens is 120 g/mol. The van der Waals surface area contributed by atoms with Crippen LogP contribution in [0.2, 0.25) is 0 Å². The van der Waals surface area contributed by atoms with E-state index < -0.39 is 6.23 Å². The van der Waals surface area contributed by atoms with Crippen LogP contribution in [-0.2, 0) is 4.74 Å². The first-order valence-corrected chi connectivity index (χ1v) is 2.51. The highest BCUT2D eigenvalue weighted by Crippen LogP contribution is 2.03.